The van der Waals surface area contributed by atoms with Crippen LogP contribution in [0.1, 0.15) is 25.0 Å². The van der Waals surface area contributed by atoms with Crippen molar-refractivity contribution in [2.75, 3.05) is 0 Å². The van der Waals surface area contributed by atoms with Crippen LogP contribution in [0.3, 0.4) is 0 Å². The second kappa shape index (κ2) is 5.92. The Kier molecular flexibility index (Phi) is 4.53. The fraction of sp³-hybridized carbons (Fsp3) is 0.125. The summed E-state index contributed by atoms with van der Waals surface area (Å²) in [4.78, 5) is 0. The van der Waals surface area contributed by atoms with Crippen molar-refractivity contribution in [2.45, 2.75) is 13.8 Å². The molecule has 0 spiro atoms. The van der Waals surface area contributed by atoms with E-state index in [4.69, 9.17) is 0 Å². The highest BCUT2D eigenvalue weighted by molar-refractivity contribution is 5.82. The topological polar surface area (TPSA) is 0 Å². The predicted octanol–water partition coefficient (Wildman–Crippen LogP) is 4.87. The Morgan fingerprint density at radius 3 is 2.44 bits per heavy atom. The van der Waals surface area contributed by atoms with Crippen LogP contribution in [0.4, 0.5) is 0 Å². The number of rotatable bonds is 4. The minimum absolute atomic E-state index is 1.15. The maximum absolute atomic E-state index is 3.85. The number of hydrogen-bond acceptors (Lipinski definition) is 0. The molecule has 0 amide bonds. The molecule has 1 aromatic carbocycles. The molecule has 0 saturated carbocycles. The number of hydrogen-bond donors (Lipinski definition) is 0. The average molecular weight is 210 g/mol. The third-order valence-corrected chi connectivity index (χ3v) is 2.54. The molecule has 0 heterocycles. The van der Waals surface area contributed by atoms with Crippen molar-refractivity contribution in [3.8, 4) is 0 Å². The maximum atomic E-state index is 3.85. The Hall–Kier alpha value is -1.82. The lowest BCUT2D eigenvalue weighted by molar-refractivity contribution is 1.49. The summed E-state index contributed by atoms with van der Waals surface area (Å²) in [7, 11) is 0. The predicted molar refractivity (Wildman–Crippen MR) is 74.1 cm³/mol. The van der Waals surface area contributed by atoms with E-state index in [0.717, 1.165) is 5.56 Å². The molecule has 1 aromatic rings. The molecule has 0 N–H and O–H groups in total. The lowest BCUT2D eigenvalue weighted by atomic mass is 9.95. The molecule has 0 fully saturated rings. The summed E-state index contributed by atoms with van der Waals surface area (Å²) in [5.41, 5.74) is 4.73. The number of benzene rings is 1. The van der Waals surface area contributed by atoms with E-state index in [1.54, 1.807) is 0 Å². The van der Waals surface area contributed by atoms with Crippen molar-refractivity contribution >= 4 is 11.6 Å². The van der Waals surface area contributed by atoms with Crippen LogP contribution in [0.2, 0.25) is 0 Å². The van der Waals surface area contributed by atoms with Crippen molar-refractivity contribution in [3.63, 3.8) is 0 Å². The van der Waals surface area contributed by atoms with E-state index < -0.39 is 0 Å². The average Bonchev–Trinajstić information content (AvgIpc) is 2.35. The van der Waals surface area contributed by atoms with Gasteiger partial charge in [-0.1, -0.05) is 61.7 Å². The Bertz CT molecular complexity index is 445. The zero-order valence-electron chi connectivity index (χ0n) is 10.0. The van der Waals surface area contributed by atoms with Crippen LogP contribution in [0.25, 0.3) is 11.6 Å². The molecule has 82 valence electrons. The van der Waals surface area contributed by atoms with Gasteiger partial charge >= 0.3 is 0 Å². The highest BCUT2D eigenvalue weighted by Gasteiger charge is 2.04. The second-order valence-corrected chi connectivity index (χ2v) is 3.59. The van der Waals surface area contributed by atoms with Crippen molar-refractivity contribution in [3.05, 3.63) is 72.4 Å². The summed E-state index contributed by atoms with van der Waals surface area (Å²) >= 11 is 0. The molecule has 0 bridgehead atoms. The Balaban J connectivity index is 3.43. The summed E-state index contributed by atoms with van der Waals surface area (Å²) in [5, 5.41) is 0. The molecule has 0 nitrogen and oxygen atoms in total. The van der Waals surface area contributed by atoms with Crippen molar-refractivity contribution in [1.29, 1.82) is 0 Å². The minimum atomic E-state index is 1.15. The first-order chi connectivity index (χ1) is 7.74. The van der Waals surface area contributed by atoms with Crippen molar-refractivity contribution in [1.82, 2.24) is 0 Å². The summed E-state index contributed by atoms with van der Waals surface area (Å²) in [6, 6.07) is 8.25. The van der Waals surface area contributed by atoms with Gasteiger partial charge in [-0.15, -0.1) is 0 Å². The fourth-order valence-corrected chi connectivity index (χ4v) is 1.63. The summed E-state index contributed by atoms with van der Waals surface area (Å²) in [5.74, 6) is 0. The quantitative estimate of drug-likeness (QED) is 0.622. The van der Waals surface area contributed by atoms with Gasteiger partial charge in [-0.05, 0) is 36.1 Å². The SMILES string of the molecule is C=C/C(C)=C(\C=C/C)c1ccccc1C=C. The first-order valence-electron chi connectivity index (χ1n) is 5.42. The molecule has 0 unspecified atom stereocenters. The third-order valence-electron chi connectivity index (χ3n) is 2.54. The van der Waals surface area contributed by atoms with E-state index in [0.29, 0.717) is 0 Å². The Morgan fingerprint density at radius 1 is 1.19 bits per heavy atom. The maximum Gasteiger partial charge on any atom is -0.0109 e. The molecule has 0 atom stereocenters. The van der Waals surface area contributed by atoms with Gasteiger partial charge in [0.15, 0.2) is 0 Å². The van der Waals surface area contributed by atoms with E-state index >= 15 is 0 Å². The van der Waals surface area contributed by atoms with E-state index in [2.05, 4.69) is 38.3 Å². The molecule has 0 heteroatoms. The molecular weight excluding hydrogens is 192 g/mol. The molecule has 0 radical (unpaired) electrons. The normalized spacial score (nSPS) is 12.4. The van der Waals surface area contributed by atoms with Gasteiger partial charge in [0.2, 0.25) is 0 Å². The van der Waals surface area contributed by atoms with Gasteiger partial charge in [0.05, 0.1) is 0 Å². The van der Waals surface area contributed by atoms with Crippen LogP contribution in [0.5, 0.6) is 0 Å². The number of allylic oxidation sites excluding steroid dienone is 5. The van der Waals surface area contributed by atoms with Gasteiger partial charge in [0.1, 0.15) is 0 Å². The smallest absolute Gasteiger partial charge is 0.0109 e. The lowest BCUT2D eigenvalue weighted by Crippen LogP contribution is -1.88. The van der Waals surface area contributed by atoms with Crippen LogP contribution in [-0.2, 0) is 0 Å². The summed E-state index contributed by atoms with van der Waals surface area (Å²) < 4.78 is 0. The van der Waals surface area contributed by atoms with Gasteiger partial charge < -0.3 is 0 Å². The standard InChI is InChI=1S/C16H18/c1-5-10-15(13(4)6-2)16-12-9-8-11-14(16)7-3/h5-12H,2-3H2,1,4H3/b10-5-,15-13+. The molecule has 0 aliphatic rings. The molecule has 0 aliphatic heterocycles. The minimum Gasteiger partial charge on any atom is -0.0988 e. The third kappa shape index (κ3) is 2.60. The molecule has 0 saturated heterocycles. The van der Waals surface area contributed by atoms with Crippen LogP contribution in [0.15, 0.2) is 61.2 Å². The van der Waals surface area contributed by atoms with Gasteiger partial charge in [0, 0.05) is 0 Å². The Morgan fingerprint density at radius 2 is 1.88 bits per heavy atom. The van der Waals surface area contributed by atoms with Crippen LogP contribution < -0.4 is 0 Å². The van der Waals surface area contributed by atoms with Gasteiger partial charge in [0.25, 0.3) is 0 Å². The highest BCUT2D eigenvalue weighted by atomic mass is 14.1. The van der Waals surface area contributed by atoms with Gasteiger partial charge in [-0.3, -0.25) is 0 Å². The van der Waals surface area contributed by atoms with Crippen LogP contribution >= 0.6 is 0 Å². The first-order valence-corrected chi connectivity index (χ1v) is 5.42. The summed E-state index contributed by atoms with van der Waals surface area (Å²) in [6.45, 7) is 11.8. The van der Waals surface area contributed by atoms with Crippen LogP contribution in [0, 0.1) is 0 Å². The van der Waals surface area contributed by atoms with E-state index in [1.807, 2.05) is 37.3 Å². The highest BCUT2D eigenvalue weighted by Crippen LogP contribution is 2.25. The zero-order valence-corrected chi connectivity index (χ0v) is 10.0. The first kappa shape index (κ1) is 12.3. The fourth-order valence-electron chi connectivity index (χ4n) is 1.63. The van der Waals surface area contributed by atoms with Gasteiger partial charge in [-0.2, -0.15) is 0 Å². The van der Waals surface area contributed by atoms with Crippen LogP contribution in [-0.4, -0.2) is 0 Å². The molecular formula is C16H18. The largest absolute Gasteiger partial charge is 0.0988 e. The zero-order chi connectivity index (χ0) is 12.0. The Labute approximate surface area is 98.3 Å². The molecule has 0 aromatic heterocycles. The van der Waals surface area contributed by atoms with Crippen molar-refractivity contribution < 1.29 is 0 Å². The van der Waals surface area contributed by atoms with E-state index in [9.17, 15) is 0 Å². The molecule has 16 heavy (non-hydrogen) atoms. The summed E-state index contributed by atoms with van der Waals surface area (Å²) in [6.07, 6.45) is 7.92. The molecule has 0 aliphatic carbocycles. The monoisotopic (exact) mass is 210 g/mol. The van der Waals surface area contributed by atoms with E-state index in [-0.39, 0.29) is 0 Å². The van der Waals surface area contributed by atoms with E-state index in [1.165, 1.54) is 16.7 Å². The lowest BCUT2D eigenvalue weighted by Gasteiger charge is -2.09. The van der Waals surface area contributed by atoms with Crippen molar-refractivity contribution in [2.24, 2.45) is 0 Å². The van der Waals surface area contributed by atoms with Gasteiger partial charge in [-0.25, -0.2) is 0 Å². The second-order valence-electron chi connectivity index (χ2n) is 3.59. The molecule has 1 rings (SSSR count).